The molecule has 0 saturated heterocycles. The van der Waals surface area contributed by atoms with Crippen LogP contribution in [0.1, 0.15) is 39.3 Å². The number of nitrogens with zero attached hydrogens (tertiary/aromatic N) is 1. The molecular formula is C20H17NO5. The highest BCUT2D eigenvalue weighted by Crippen LogP contribution is 2.27. The first-order valence-electron chi connectivity index (χ1n) is 8.51. The quantitative estimate of drug-likeness (QED) is 0.516. The third kappa shape index (κ3) is 3.06. The Labute approximate surface area is 149 Å². The number of Topliss-reactive ketones (excluding diaryl/α,β-unsaturated/α-hetero) is 1. The molecule has 0 N–H and O–H groups in total. The van der Waals surface area contributed by atoms with Gasteiger partial charge in [0.05, 0.1) is 11.1 Å². The molecular weight excluding hydrogens is 334 g/mol. The van der Waals surface area contributed by atoms with Gasteiger partial charge < -0.3 is 13.9 Å². The van der Waals surface area contributed by atoms with Crippen molar-refractivity contribution in [3.63, 3.8) is 0 Å². The fourth-order valence-corrected chi connectivity index (χ4v) is 3.13. The molecule has 1 aliphatic carbocycles. The fraction of sp³-hybridized carbons (Fsp3) is 0.250. The number of esters is 1. The first kappa shape index (κ1) is 16.3. The minimum absolute atomic E-state index is 0.0635. The number of carbonyl (C=O) groups is 2. The molecule has 0 spiro atoms. The Morgan fingerprint density at radius 1 is 1.15 bits per heavy atom. The van der Waals surface area contributed by atoms with E-state index in [-0.39, 0.29) is 24.6 Å². The van der Waals surface area contributed by atoms with Crippen molar-refractivity contribution in [1.29, 1.82) is 0 Å². The Hall–Kier alpha value is -3.15. The maximum absolute atomic E-state index is 12.2. The monoisotopic (exact) mass is 351 g/mol. The van der Waals surface area contributed by atoms with E-state index in [1.165, 1.54) is 6.26 Å². The molecule has 0 bridgehead atoms. The van der Waals surface area contributed by atoms with E-state index in [0.29, 0.717) is 29.9 Å². The lowest BCUT2D eigenvalue weighted by Crippen LogP contribution is -2.17. The number of aromatic nitrogens is 1. The van der Waals surface area contributed by atoms with E-state index in [1.807, 2.05) is 24.3 Å². The minimum Gasteiger partial charge on any atom is -0.489 e. The normalized spacial score (nSPS) is 13.5. The van der Waals surface area contributed by atoms with E-state index in [0.717, 1.165) is 17.3 Å². The highest BCUT2D eigenvalue weighted by Gasteiger charge is 2.28. The summed E-state index contributed by atoms with van der Waals surface area (Å²) in [5.74, 6) is 0.634. The zero-order chi connectivity index (χ0) is 17.9. The lowest BCUT2D eigenvalue weighted by atomic mass is 9.94. The second kappa shape index (κ2) is 7.00. The molecule has 2 heterocycles. The second-order valence-corrected chi connectivity index (χ2v) is 6.03. The zero-order valence-corrected chi connectivity index (χ0v) is 14.1. The molecule has 1 aliphatic rings. The SMILES string of the molecule is O=C(OCCOc1ccnc2ccccc12)c1coc2c1C(=O)CCC2. The van der Waals surface area contributed by atoms with Crippen molar-refractivity contribution < 1.29 is 23.5 Å². The van der Waals surface area contributed by atoms with Crippen molar-refractivity contribution in [2.24, 2.45) is 0 Å². The summed E-state index contributed by atoms with van der Waals surface area (Å²) in [6.07, 6.45) is 4.85. The maximum Gasteiger partial charge on any atom is 0.342 e. The summed E-state index contributed by atoms with van der Waals surface area (Å²) in [6.45, 7) is 0.275. The second-order valence-electron chi connectivity index (χ2n) is 6.03. The van der Waals surface area contributed by atoms with Gasteiger partial charge in [0, 0.05) is 24.4 Å². The predicted octanol–water partition coefficient (Wildman–Crippen LogP) is 3.58. The van der Waals surface area contributed by atoms with Crippen molar-refractivity contribution in [3.05, 3.63) is 59.7 Å². The standard InChI is InChI=1S/C20H17NO5/c22-16-6-3-7-18-19(16)14(12-26-18)20(23)25-11-10-24-17-8-9-21-15-5-2-1-4-13(15)17/h1-2,4-5,8-9,12H,3,6-7,10-11H2. The number of hydrogen-bond acceptors (Lipinski definition) is 6. The largest absolute Gasteiger partial charge is 0.489 e. The molecule has 0 atom stereocenters. The molecule has 3 aromatic rings. The smallest absolute Gasteiger partial charge is 0.342 e. The maximum atomic E-state index is 12.2. The third-order valence-corrected chi connectivity index (χ3v) is 4.36. The Bertz CT molecular complexity index is 970. The molecule has 6 heteroatoms. The molecule has 0 unspecified atom stereocenters. The first-order chi connectivity index (χ1) is 12.7. The van der Waals surface area contributed by atoms with Crippen molar-refractivity contribution in [3.8, 4) is 5.75 Å². The van der Waals surface area contributed by atoms with E-state index in [4.69, 9.17) is 13.9 Å². The van der Waals surface area contributed by atoms with E-state index in [9.17, 15) is 9.59 Å². The molecule has 132 valence electrons. The molecule has 26 heavy (non-hydrogen) atoms. The summed E-state index contributed by atoms with van der Waals surface area (Å²) >= 11 is 0. The Balaban J connectivity index is 1.37. The van der Waals surface area contributed by atoms with Crippen LogP contribution in [0.15, 0.2) is 47.2 Å². The van der Waals surface area contributed by atoms with E-state index in [1.54, 1.807) is 12.3 Å². The minimum atomic E-state index is -0.562. The van der Waals surface area contributed by atoms with E-state index in [2.05, 4.69) is 4.98 Å². The summed E-state index contributed by atoms with van der Waals surface area (Å²) in [4.78, 5) is 28.5. The Kier molecular flexibility index (Phi) is 4.39. The van der Waals surface area contributed by atoms with Gasteiger partial charge in [-0.3, -0.25) is 9.78 Å². The van der Waals surface area contributed by atoms with Crippen molar-refractivity contribution >= 4 is 22.7 Å². The van der Waals surface area contributed by atoms with Crippen LogP contribution in [0.5, 0.6) is 5.75 Å². The number of fused-ring (bicyclic) bond motifs is 2. The number of ketones is 1. The molecule has 2 aromatic heterocycles. The van der Waals surface area contributed by atoms with Crippen LogP contribution in [-0.2, 0) is 11.2 Å². The average Bonchev–Trinajstić information content (AvgIpc) is 3.11. The van der Waals surface area contributed by atoms with Gasteiger partial charge >= 0.3 is 5.97 Å². The molecule has 4 rings (SSSR count). The fourth-order valence-electron chi connectivity index (χ4n) is 3.13. The molecule has 0 radical (unpaired) electrons. The van der Waals surface area contributed by atoms with Crippen molar-refractivity contribution in [1.82, 2.24) is 4.98 Å². The number of furan rings is 1. The summed E-state index contributed by atoms with van der Waals surface area (Å²) in [5.41, 5.74) is 1.42. The van der Waals surface area contributed by atoms with Gasteiger partial charge in [-0.2, -0.15) is 0 Å². The van der Waals surface area contributed by atoms with Gasteiger partial charge in [0.2, 0.25) is 0 Å². The molecule has 6 nitrogen and oxygen atoms in total. The Morgan fingerprint density at radius 2 is 2.04 bits per heavy atom. The van der Waals surface area contributed by atoms with Gasteiger partial charge in [0.25, 0.3) is 0 Å². The van der Waals surface area contributed by atoms with Crippen LogP contribution in [0.4, 0.5) is 0 Å². The number of benzene rings is 1. The summed E-state index contributed by atoms with van der Waals surface area (Å²) in [7, 11) is 0. The van der Waals surface area contributed by atoms with Gasteiger partial charge in [-0.25, -0.2) is 4.79 Å². The van der Waals surface area contributed by atoms with Gasteiger partial charge in [-0.05, 0) is 24.6 Å². The van der Waals surface area contributed by atoms with Gasteiger partial charge in [0.1, 0.15) is 36.6 Å². The highest BCUT2D eigenvalue weighted by atomic mass is 16.6. The van der Waals surface area contributed by atoms with Crippen LogP contribution >= 0.6 is 0 Å². The number of pyridine rings is 1. The summed E-state index contributed by atoms with van der Waals surface area (Å²) in [5, 5.41) is 0.899. The van der Waals surface area contributed by atoms with Crippen LogP contribution in [0, 0.1) is 0 Å². The molecule has 0 saturated carbocycles. The van der Waals surface area contributed by atoms with Crippen LogP contribution in [0.25, 0.3) is 10.9 Å². The lowest BCUT2D eigenvalue weighted by Gasteiger charge is -2.11. The predicted molar refractivity (Wildman–Crippen MR) is 93.5 cm³/mol. The average molecular weight is 351 g/mol. The van der Waals surface area contributed by atoms with Crippen LogP contribution in [0.3, 0.4) is 0 Å². The first-order valence-corrected chi connectivity index (χ1v) is 8.51. The van der Waals surface area contributed by atoms with Crippen molar-refractivity contribution in [2.45, 2.75) is 19.3 Å². The summed E-state index contributed by atoms with van der Waals surface area (Å²) < 4.78 is 16.3. The lowest BCUT2D eigenvalue weighted by molar-refractivity contribution is 0.0448. The Morgan fingerprint density at radius 3 is 2.96 bits per heavy atom. The van der Waals surface area contributed by atoms with Crippen molar-refractivity contribution in [2.75, 3.05) is 13.2 Å². The molecule has 0 aliphatic heterocycles. The molecule has 1 aromatic carbocycles. The number of carbonyl (C=O) groups excluding carboxylic acids is 2. The number of hydrogen-bond donors (Lipinski definition) is 0. The van der Waals surface area contributed by atoms with Crippen LogP contribution < -0.4 is 4.74 Å². The van der Waals surface area contributed by atoms with E-state index < -0.39 is 5.97 Å². The highest BCUT2D eigenvalue weighted by molar-refractivity contribution is 6.07. The van der Waals surface area contributed by atoms with Gasteiger partial charge in [0.15, 0.2) is 5.78 Å². The molecule has 0 fully saturated rings. The number of ether oxygens (including phenoxy) is 2. The van der Waals surface area contributed by atoms with Gasteiger partial charge in [-0.1, -0.05) is 12.1 Å². The number of aryl methyl sites for hydroxylation is 1. The number of rotatable bonds is 5. The third-order valence-electron chi connectivity index (χ3n) is 4.36. The van der Waals surface area contributed by atoms with Crippen LogP contribution in [-0.4, -0.2) is 30.0 Å². The zero-order valence-electron chi connectivity index (χ0n) is 14.1. The number of para-hydroxylation sites is 1. The van der Waals surface area contributed by atoms with Gasteiger partial charge in [-0.15, -0.1) is 0 Å². The van der Waals surface area contributed by atoms with E-state index >= 15 is 0 Å². The topological polar surface area (TPSA) is 78.6 Å². The van der Waals surface area contributed by atoms with Crippen LogP contribution in [0.2, 0.25) is 0 Å². The molecule has 0 amide bonds. The summed E-state index contributed by atoms with van der Waals surface area (Å²) in [6, 6.07) is 9.42.